The molecule has 0 bridgehead atoms. The number of aliphatic carboxylic acids is 1. The van der Waals surface area contributed by atoms with Gasteiger partial charge in [0, 0.05) is 25.0 Å². The van der Waals surface area contributed by atoms with Gasteiger partial charge in [-0.15, -0.1) is 11.3 Å². The Balaban J connectivity index is 1.18. The summed E-state index contributed by atoms with van der Waals surface area (Å²) >= 11 is 7.67. The summed E-state index contributed by atoms with van der Waals surface area (Å²) in [6, 6.07) is -0.642. The highest BCUT2D eigenvalue weighted by molar-refractivity contribution is 8.01. The van der Waals surface area contributed by atoms with E-state index in [4.69, 9.17) is 22.2 Å². The number of hydrogen-bond acceptors (Lipinski definition) is 16. The third-order valence-corrected chi connectivity index (χ3v) is 10.9. The van der Waals surface area contributed by atoms with Crippen LogP contribution in [0.5, 0.6) is 11.5 Å². The van der Waals surface area contributed by atoms with E-state index < -0.39 is 81.1 Å². The van der Waals surface area contributed by atoms with Gasteiger partial charge in [0.15, 0.2) is 33.5 Å². The summed E-state index contributed by atoms with van der Waals surface area (Å²) in [5.41, 5.74) is 5.53. The number of aromatic hydroxyl groups is 2. The average molecular weight is 801 g/mol. The number of phenolic OH excluding ortho intramolecular Hbond substituents is 2. The summed E-state index contributed by atoms with van der Waals surface area (Å²) in [6.07, 6.45) is -2.19. The lowest BCUT2D eigenvalue weighted by molar-refractivity contribution is -0.161. The van der Waals surface area contributed by atoms with Gasteiger partial charge in [0.25, 0.3) is 11.8 Å². The fourth-order valence-corrected chi connectivity index (χ4v) is 7.69. The lowest BCUT2D eigenvalue weighted by atomic mass is 10.0. The topological polar surface area (TPSA) is 322 Å². The number of thiazole rings is 1. The van der Waals surface area contributed by atoms with Crippen molar-refractivity contribution in [3.63, 3.8) is 0 Å². The monoisotopic (exact) mass is 800 g/mol. The summed E-state index contributed by atoms with van der Waals surface area (Å²) < 4.78 is 0. The molecule has 7 amide bonds. The number of phenols is 2. The molecule has 25 heteroatoms. The molecule has 53 heavy (non-hydrogen) atoms. The number of carboxylic acids is 1. The lowest BCUT2D eigenvalue weighted by Gasteiger charge is -2.41. The van der Waals surface area contributed by atoms with Crippen LogP contribution < -0.4 is 27.1 Å². The minimum atomic E-state index is -2.19. The molecule has 3 atom stereocenters. The molecular weight excluding hydrogens is 768 g/mol. The normalized spacial score (nSPS) is 21.3. The largest absolute Gasteiger partial charge is 0.504 e. The van der Waals surface area contributed by atoms with Crippen LogP contribution in [0.2, 0.25) is 5.02 Å². The Morgan fingerprint density at radius 3 is 2.51 bits per heavy atom. The zero-order chi connectivity index (χ0) is 39.0. The van der Waals surface area contributed by atoms with E-state index in [1.54, 1.807) is 0 Å². The van der Waals surface area contributed by atoms with Gasteiger partial charge in [-0.1, -0.05) is 28.5 Å². The maximum absolute atomic E-state index is 13.4. The Bertz CT molecular complexity index is 1880. The van der Waals surface area contributed by atoms with Crippen molar-refractivity contribution in [3.05, 3.63) is 33.8 Å². The second-order valence-electron chi connectivity index (χ2n) is 12.1. The number of β-lactam (4-membered cyclic amide) rings is 1. The Labute approximate surface area is 311 Å². The molecule has 0 radical (unpaired) electrons. The molecular formula is C28H33ClN10O12S2. The average Bonchev–Trinajstić information content (AvgIpc) is 3.80. The van der Waals surface area contributed by atoms with Crippen LogP contribution in [-0.2, 0) is 19.2 Å². The molecule has 3 aliphatic heterocycles. The third kappa shape index (κ3) is 7.61. The van der Waals surface area contributed by atoms with Gasteiger partial charge in [-0.05, 0) is 26.0 Å². The number of carbonyl (C=O) groups excluding carboxylic acids is 5. The van der Waals surface area contributed by atoms with Crippen molar-refractivity contribution in [3.8, 4) is 11.5 Å². The van der Waals surface area contributed by atoms with Gasteiger partial charge in [0.2, 0.25) is 11.5 Å². The van der Waals surface area contributed by atoms with Gasteiger partial charge < -0.3 is 57.0 Å². The summed E-state index contributed by atoms with van der Waals surface area (Å²) in [5.74, 6) is -4.85. The van der Waals surface area contributed by atoms with Crippen molar-refractivity contribution in [2.75, 3.05) is 38.5 Å². The molecule has 3 aliphatic rings. The maximum atomic E-state index is 13.4. The summed E-state index contributed by atoms with van der Waals surface area (Å²) in [6.45, 7) is 1.64. The molecule has 3 fully saturated rings. The number of nitrogens with one attached hydrogen (secondary N) is 4. The number of thioether (sulfide) groups is 1. The number of aliphatic hydroxyl groups is 2. The van der Waals surface area contributed by atoms with Crippen LogP contribution in [0.4, 0.5) is 14.7 Å². The number of hydrazine groups is 1. The van der Waals surface area contributed by atoms with E-state index in [1.807, 2.05) is 0 Å². The number of amides is 7. The van der Waals surface area contributed by atoms with Gasteiger partial charge >= 0.3 is 18.0 Å². The van der Waals surface area contributed by atoms with E-state index in [-0.39, 0.29) is 54.1 Å². The van der Waals surface area contributed by atoms with Crippen LogP contribution in [0, 0.1) is 0 Å². The van der Waals surface area contributed by atoms with Crippen molar-refractivity contribution in [1.29, 1.82) is 0 Å². The summed E-state index contributed by atoms with van der Waals surface area (Å²) in [4.78, 5) is 86.0. The highest BCUT2D eigenvalue weighted by Crippen LogP contribution is 2.50. The number of carboxylic acid groups (broad SMARTS) is 1. The molecule has 0 aliphatic carbocycles. The third-order valence-electron chi connectivity index (χ3n) is 8.15. The van der Waals surface area contributed by atoms with Crippen molar-refractivity contribution >= 4 is 81.3 Å². The van der Waals surface area contributed by atoms with E-state index in [0.29, 0.717) is 0 Å². The minimum Gasteiger partial charge on any atom is -0.504 e. The summed E-state index contributed by atoms with van der Waals surface area (Å²) in [7, 11) is 0. The Hall–Kier alpha value is -5.30. The number of carbonyl (C=O) groups is 6. The molecule has 2 aromatic rings. The van der Waals surface area contributed by atoms with E-state index in [0.717, 1.165) is 39.1 Å². The maximum Gasteiger partial charge on any atom is 0.350 e. The standard InChI is InChI=1S/C28H33ClN10O12S2/c1-27(2,22(45)46)51-36-15(12-9-52-24(30)33-12)19(43)34-16-20(44)37-10-28(23(47)48,53-21(16)37)38-7-8-39(26(38)50)35-25(49)32-6-5-31-18(42)11-3-4-13(40)17(41)14(11)29/h3-4,9,16,21,23,40-41,47-48H,5-8,10H2,1-2H3,(H2,30,33)(H,31,42)(H,34,43)(H,45,46)(H2,32,35,49)/b36-15-/t16?,21-,28?/m1/s1. The number of aliphatic hydroxyl groups excluding tert-OH is 1. The quantitative estimate of drug-likeness (QED) is 0.0266. The molecule has 11 N–H and O–H groups in total. The van der Waals surface area contributed by atoms with Crippen LogP contribution >= 0.6 is 34.7 Å². The molecule has 3 saturated heterocycles. The van der Waals surface area contributed by atoms with Crippen molar-refractivity contribution < 1.29 is 59.1 Å². The number of anilines is 1. The fraction of sp³-hybridized carbons (Fsp3) is 0.429. The summed E-state index contributed by atoms with van der Waals surface area (Å²) in [5, 5.41) is 61.8. The second kappa shape index (κ2) is 15.0. The first-order valence-corrected chi connectivity index (χ1v) is 17.5. The van der Waals surface area contributed by atoms with Crippen molar-refractivity contribution in [2.24, 2.45) is 5.16 Å². The Morgan fingerprint density at radius 1 is 1.17 bits per heavy atom. The lowest BCUT2D eigenvalue weighted by Crippen LogP contribution is -2.68. The molecule has 0 spiro atoms. The molecule has 5 rings (SSSR count). The van der Waals surface area contributed by atoms with Crippen LogP contribution in [0.15, 0.2) is 22.7 Å². The van der Waals surface area contributed by atoms with Crippen molar-refractivity contribution in [2.45, 2.75) is 42.0 Å². The number of benzene rings is 1. The van der Waals surface area contributed by atoms with E-state index >= 15 is 0 Å². The number of hydrogen-bond donors (Lipinski definition) is 10. The van der Waals surface area contributed by atoms with E-state index in [1.165, 1.54) is 30.2 Å². The molecule has 2 unspecified atom stereocenters. The van der Waals surface area contributed by atoms with Gasteiger partial charge in [0.05, 0.1) is 23.7 Å². The minimum absolute atomic E-state index is 0.0572. The highest BCUT2D eigenvalue weighted by atomic mass is 35.5. The number of halogens is 1. The number of rotatable bonds is 13. The molecule has 4 heterocycles. The zero-order valence-corrected chi connectivity index (χ0v) is 30.0. The number of nitrogen functional groups attached to an aromatic ring is 1. The number of oxime groups is 1. The van der Waals surface area contributed by atoms with Crippen LogP contribution in [0.1, 0.15) is 29.9 Å². The molecule has 286 valence electrons. The van der Waals surface area contributed by atoms with Crippen molar-refractivity contribution in [1.82, 2.24) is 41.2 Å². The van der Waals surface area contributed by atoms with Crippen LogP contribution in [0.25, 0.3) is 0 Å². The number of aromatic nitrogens is 1. The van der Waals surface area contributed by atoms with Gasteiger partial charge in [-0.25, -0.2) is 29.8 Å². The molecule has 22 nitrogen and oxygen atoms in total. The molecule has 0 saturated carbocycles. The first kappa shape index (κ1) is 38.9. The molecule has 1 aromatic carbocycles. The number of nitrogens with two attached hydrogens (primary N) is 1. The second-order valence-corrected chi connectivity index (χ2v) is 14.8. The fourth-order valence-electron chi connectivity index (χ4n) is 5.22. The van der Waals surface area contributed by atoms with Crippen LogP contribution in [0.3, 0.4) is 0 Å². The highest BCUT2D eigenvalue weighted by Gasteiger charge is 2.65. The SMILES string of the molecule is CC(C)(O/N=C(\C(=O)NC1C(=O)N2CC(C(O)O)(N3CCN(NC(=O)NCCNC(=O)c4ccc(O)c(O)c4Cl)C3=O)S[C@H]12)c1csc(N)n1)C(=O)O. The first-order valence-electron chi connectivity index (χ1n) is 15.4. The number of fused-ring (bicyclic) bond motifs is 1. The predicted molar refractivity (Wildman–Crippen MR) is 184 cm³/mol. The first-order chi connectivity index (χ1) is 24.9. The zero-order valence-electron chi connectivity index (χ0n) is 27.6. The molecule has 1 aromatic heterocycles. The number of urea groups is 2. The Kier molecular flexibility index (Phi) is 11.0. The van der Waals surface area contributed by atoms with E-state index in [2.05, 4.69) is 31.5 Å². The van der Waals surface area contributed by atoms with Gasteiger partial charge in [-0.2, -0.15) is 0 Å². The Morgan fingerprint density at radius 2 is 1.87 bits per heavy atom. The number of nitrogens with zero attached hydrogens (tertiary/aromatic N) is 5. The van der Waals surface area contributed by atoms with E-state index in [9.17, 15) is 54.3 Å². The van der Waals surface area contributed by atoms with Crippen LogP contribution in [-0.4, -0.2) is 148 Å². The van der Waals surface area contributed by atoms with Gasteiger partial charge in [-0.3, -0.25) is 19.3 Å². The predicted octanol–water partition coefficient (Wildman–Crippen LogP) is -1.84. The van der Waals surface area contributed by atoms with Gasteiger partial charge in [0.1, 0.15) is 17.1 Å². The smallest absolute Gasteiger partial charge is 0.350 e.